The summed E-state index contributed by atoms with van der Waals surface area (Å²) in [7, 11) is 1.21. The maximum atomic E-state index is 11.7. The molecular weight excluding hydrogens is 273 g/mol. The molecule has 0 aromatic carbocycles. The van der Waals surface area contributed by atoms with Gasteiger partial charge in [-0.3, -0.25) is 9.59 Å². The lowest BCUT2D eigenvalue weighted by Crippen LogP contribution is -2.33. The van der Waals surface area contributed by atoms with Gasteiger partial charge in [-0.2, -0.15) is 0 Å². The molecule has 0 aliphatic heterocycles. The Bertz CT molecular complexity index is 419. The van der Waals surface area contributed by atoms with Crippen LogP contribution in [0, 0.1) is 0 Å². The van der Waals surface area contributed by atoms with Gasteiger partial charge >= 0.3 is 5.97 Å². The number of esters is 1. The Morgan fingerprint density at radius 1 is 1.56 bits per heavy atom. The van der Waals surface area contributed by atoms with Crippen LogP contribution in [0.15, 0.2) is 6.07 Å². The van der Waals surface area contributed by atoms with Gasteiger partial charge < -0.3 is 10.5 Å². The normalized spacial score (nSPS) is 12.2. The molecule has 1 unspecified atom stereocenters. The van der Waals surface area contributed by atoms with Crippen LogP contribution >= 0.6 is 34.5 Å². The fraction of sp³-hybridized carbons (Fsp3) is 0.333. The fourth-order valence-corrected chi connectivity index (χ4v) is 2.57. The first kappa shape index (κ1) is 13.4. The average molecular weight is 282 g/mol. The molecule has 1 aromatic heterocycles. The lowest BCUT2D eigenvalue weighted by Gasteiger charge is -2.07. The van der Waals surface area contributed by atoms with Crippen LogP contribution in [-0.4, -0.2) is 24.9 Å². The van der Waals surface area contributed by atoms with Gasteiger partial charge in [0.25, 0.3) is 0 Å². The smallest absolute Gasteiger partial charge is 0.323 e. The fourth-order valence-electron chi connectivity index (χ4n) is 1.07. The Hall–Kier alpha value is -0.620. The molecule has 0 aliphatic carbocycles. The molecule has 16 heavy (non-hydrogen) atoms. The minimum atomic E-state index is -0.979. The topological polar surface area (TPSA) is 69.4 Å². The van der Waals surface area contributed by atoms with Crippen molar-refractivity contribution in [1.29, 1.82) is 0 Å². The van der Waals surface area contributed by atoms with Gasteiger partial charge in [-0.05, 0) is 6.07 Å². The third-order valence-electron chi connectivity index (χ3n) is 1.87. The van der Waals surface area contributed by atoms with E-state index in [1.54, 1.807) is 0 Å². The minimum absolute atomic E-state index is 0.153. The zero-order valence-electron chi connectivity index (χ0n) is 8.33. The van der Waals surface area contributed by atoms with Gasteiger partial charge in [-0.15, -0.1) is 11.3 Å². The summed E-state index contributed by atoms with van der Waals surface area (Å²) in [5.74, 6) is -0.961. The predicted molar refractivity (Wildman–Crippen MR) is 63.3 cm³/mol. The lowest BCUT2D eigenvalue weighted by molar-refractivity contribution is -0.142. The number of ether oxygens (including phenoxy) is 1. The largest absolute Gasteiger partial charge is 0.468 e. The molecule has 1 heterocycles. The van der Waals surface area contributed by atoms with E-state index in [0.717, 1.165) is 11.3 Å². The van der Waals surface area contributed by atoms with Gasteiger partial charge in [0.05, 0.1) is 11.4 Å². The van der Waals surface area contributed by atoms with Crippen LogP contribution in [0.3, 0.4) is 0 Å². The first-order valence-electron chi connectivity index (χ1n) is 4.27. The van der Waals surface area contributed by atoms with Crippen LogP contribution in [0.4, 0.5) is 0 Å². The number of hydrogen-bond donors (Lipinski definition) is 1. The standard InChI is InChI=1S/C9H9Cl2NO3S/c1-15-9(14)5(12)3-6(13)4-2-7(10)16-8(4)11/h2,5H,3,12H2,1H3. The third kappa shape index (κ3) is 3.18. The van der Waals surface area contributed by atoms with Crippen molar-refractivity contribution in [3.63, 3.8) is 0 Å². The number of nitrogens with two attached hydrogens (primary N) is 1. The summed E-state index contributed by atoms with van der Waals surface area (Å²) in [4.78, 5) is 22.7. The molecule has 1 rings (SSSR count). The van der Waals surface area contributed by atoms with Crippen molar-refractivity contribution in [3.05, 3.63) is 20.3 Å². The number of halogens is 2. The highest BCUT2D eigenvalue weighted by Gasteiger charge is 2.21. The van der Waals surface area contributed by atoms with E-state index in [9.17, 15) is 9.59 Å². The van der Waals surface area contributed by atoms with E-state index < -0.39 is 12.0 Å². The van der Waals surface area contributed by atoms with Crippen LogP contribution in [0.2, 0.25) is 8.67 Å². The monoisotopic (exact) mass is 281 g/mol. The lowest BCUT2D eigenvalue weighted by atomic mass is 10.1. The van der Waals surface area contributed by atoms with E-state index in [2.05, 4.69) is 4.74 Å². The molecule has 1 atom stereocenters. The summed E-state index contributed by atoms with van der Waals surface area (Å²) in [6, 6.07) is 0.480. The zero-order valence-corrected chi connectivity index (χ0v) is 10.7. The number of carbonyl (C=O) groups is 2. The summed E-state index contributed by atoms with van der Waals surface area (Å²) in [5.41, 5.74) is 5.74. The molecule has 0 aliphatic rings. The summed E-state index contributed by atoms with van der Waals surface area (Å²) >= 11 is 12.6. The van der Waals surface area contributed by atoms with E-state index in [4.69, 9.17) is 28.9 Å². The predicted octanol–water partition coefficient (Wildman–Crippen LogP) is 2.13. The van der Waals surface area contributed by atoms with Gasteiger partial charge in [0.2, 0.25) is 0 Å². The number of hydrogen-bond acceptors (Lipinski definition) is 5. The molecule has 0 spiro atoms. The molecule has 0 fully saturated rings. The van der Waals surface area contributed by atoms with Crippen molar-refractivity contribution in [2.24, 2.45) is 5.73 Å². The van der Waals surface area contributed by atoms with Gasteiger partial charge in [0.1, 0.15) is 10.4 Å². The molecule has 0 bridgehead atoms. The molecule has 0 radical (unpaired) electrons. The molecule has 4 nitrogen and oxygen atoms in total. The quantitative estimate of drug-likeness (QED) is 0.678. The average Bonchev–Trinajstić information content (AvgIpc) is 2.56. The van der Waals surface area contributed by atoms with Crippen LogP contribution in [-0.2, 0) is 9.53 Å². The van der Waals surface area contributed by atoms with Crippen molar-refractivity contribution in [3.8, 4) is 0 Å². The van der Waals surface area contributed by atoms with Crippen LogP contribution < -0.4 is 5.73 Å². The number of rotatable bonds is 4. The molecule has 0 saturated heterocycles. The molecule has 7 heteroatoms. The first-order chi connectivity index (χ1) is 7.45. The summed E-state index contributed by atoms with van der Waals surface area (Å²) in [6.07, 6.45) is -0.153. The van der Waals surface area contributed by atoms with E-state index in [0.29, 0.717) is 8.67 Å². The Balaban J connectivity index is 2.73. The van der Waals surface area contributed by atoms with Gasteiger partial charge in [0.15, 0.2) is 5.78 Å². The molecule has 0 amide bonds. The Labute approximate surface area is 106 Å². The second-order valence-corrected chi connectivity index (χ2v) is 5.28. The summed E-state index contributed by atoms with van der Waals surface area (Å²) < 4.78 is 5.13. The molecule has 0 saturated carbocycles. The second kappa shape index (κ2) is 5.63. The number of methoxy groups -OCH3 is 1. The zero-order chi connectivity index (χ0) is 12.3. The van der Waals surface area contributed by atoms with E-state index in [1.807, 2.05) is 0 Å². The van der Waals surface area contributed by atoms with Gasteiger partial charge in [-0.25, -0.2) is 0 Å². The van der Waals surface area contributed by atoms with Crippen LogP contribution in [0.5, 0.6) is 0 Å². The minimum Gasteiger partial charge on any atom is -0.468 e. The van der Waals surface area contributed by atoms with Crippen molar-refractivity contribution >= 4 is 46.3 Å². The number of thiophene rings is 1. The van der Waals surface area contributed by atoms with Crippen molar-refractivity contribution in [1.82, 2.24) is 0 Å². The van der Waals surface area contributed by atoms with Gasteiger partial charge in [0, 0.05) is 12.0 Å². The van der Waals surface area contributed by atoms with Crippen molar-refractivity contribution < 1.29 is 14.3 Å². The third-order valence-corrected chi connectivity index (χ3v) is 3.35. The van der Waals surface area contributed by atoms with Crippen molar-refractivity contribution in [2.75, 3.05) is 7.11 Å². The molecule has 1 aromatic rings. The van der Waals surface area contributed by atoms with E-state index >= 15 is 0 Å². The van der Waals surface area contributed by atoms with Crippen molar-refractivity contribution in [2.45, 2.75) is 12.5 Å². The maximum absolute atomic E-state index is 11.7. The highest BCUT2D eigenvalue weighted by atomic mass is 35.5. The van der Waals surface area contributed by atoms with Gasteiger partial charge in [-0.1, -0.05) is 23.2 Å². The maximum Gasteiger partial charge on any atom is 0.323 e. The first-order valence-corrected chi connectivity index (χ1v) is 5.84. The Morgan fingerprint density at radius 2 is 2.19 bits per heavy atom. The number of carbonyl (C=O) groups excluding carboxylic acids is 2. The molecular formula is C9H9Cl2NO3S. The Kier molecular flexibility index (Phi) is 4.73. The Morgan fingerprint density at radius 3 is 2.62 bits per heavy atom. The summed E-state index contributed by atoms with van der Waals surface area (Å²) in [5, 5.41) is 0. The SMILES string of the molecule is COC(=O)C(N)CC(=O)c1cc(Cl)sc1Cl. The highest BCUT2D eigenvalue weighted by molar-refractivity contribution is 7.20. The number of ketones is 1. The van der Waals surface area contributed by atoms with E-state index in [-0.39, 0.29) is 17.8 Å². The van der Waals surface area contributed by atoms with Crippen LogP contribution in [0.1, 0.15) is 16.8 Å². The highest BCUT2D eigenvalue weighted by Crippen LogP contribution is 2.31. The summed E-state index contributed by atoms with van der Waals surface area (Å²) in [6.45, 7) is 0. The van der Waals surface area contributed by atoms with E-state index in [1.165, 1.54) is 13.2 Å². The molecule has 88 valence electrons. The molecule has 2 N–H and O–H groups in total. The van der Waals surface area contributed by atoms with Crippen LogP contribution in [0.25, 0.3) is 0 Å². The number of Topliss-reactive ketones (excluding diaryl/α,β-unsaturated/α-hetero) is 1. The second-order valence-electron chi connectivity index (χ2n) is 2.99.